The van der Waals surface area contributed by atoms with Gasteiger partial charge >= 0.3 is 5.69 Å². The average Bonchev–Trinajstić information content (AvgIpc) is 2.67. The van der Waals surface area contributed by atoms with Gasteiger partial charge in [0.25, 0.3) is 5.56 Å². The number of nitrogens with one attached hydrogen (secondary N) is 1. The molecule has 0 saturated carbocycles. The Balaban J connectivity index is 2.60. The number of H-pyrrole nitrogens is 1. The Labute approximate surface area is 122 Å². The summed E-state index contributed by atoms with van der Waals surface area (Å²) in [5, 5.41) is 19.2. The van der Waals surface area contributed by atoms with Crippen molar-refractivity contribution in [3.05, 3.63) is 32.9 Å². The van der Waals surface area contributed by atoms with Crippen LogP contribution < -0.4 is 11.2 Å². The van der Waals surface area contributed by atoms with Crippen LogP contribution >= 0.6 is 11.6 Å². The first kappa shape index (κ1) is 15.7. The molecule has 2 heterocycles. The molecule has 9 heteroatoms. The predicted molar refractivity (Wildman–Crippen MR) is 70.3 cm³/mol. The lowest BCUT2D eigenvalue weighted by Gasteiger charge is -2.25. The molecule has 1 fully saturated rings. The monoisotopic (exact) mass is 318 g/mol. The first-order valence-corrected chi connectivity index (χ1v) is 6.31. The van der Waals surface area contributed by atoms with E-state index in [2.05, 4.69) is 11.8 Å². The van der Waals surface area contributed by atoms with Crippen molar-refractivity contribution < 1.29 is 19.3 Å². The van der Waals surface area contributed by atoms with Crippen molar-refractivity contribution in [2.75, 3.05) is 6.61 Å². The molecule has 1 aliphatic heterocycles. The molecule has 114 valence electrons. The van der Waals surface area contributed by atoms with E-state index >= 15 is 0 Å². The number of halogens is 2. The molecule has 1 aromatic rings. The van der Waals surface area contributed by atoms with Gasteiger partial charge < -0.3 is 14.9 Å². The van der Waals surface area contributed by atoms with Crippen LogP contribution in [-0.4, -0.2) is 43.5 Å². The van der Waals surface area contributed by atoms with Crippen LogP contribution in [0.15, 0.2) is 15.8 Å². The summed E-state index contributed by atoms with van der Waals surface area (Å²) in [5.74, 6) is 3.77. The highest BCUT2D eigenvalue weighted by atomic mass is 35.5. The molecular formula is C12H12ClFN2O5. The van der Waals surface area contributed by atoms with Gasteiger partial charge in [0.15, 0.2) is 11.1 Å². The lowest BCUT2D eigenvalue weighted by Crippen LogP contribution is -2.44. The van der Waals surface area contributed by atoms with Gasteiger partial charge in [-0.2, -0.15) is 4.39 Å². The standard InChI is InChI=1S/C12H12ClFN2O5/c1-2-3-12(13)8(18)7(5-17)21-10(12)16-4-6(14)9(19)15-11(16)20/h4,7-8,10,17-18H,5H2,1H3,(H,15,19,20)/t7-,8+,10-,12?/m1/s1. The minimum Gasteiger partial charge on any atom is -0.394 e. The molecule has 0 aliphatic carbocycles. The second-order valence-corrected chi connectivity index (χ2v) is 5.07. The molecule has 0 amide bonds. The summed E-state index contributed by atoms with van der Waals surface area (Å²) in [6.07, 6.45) is -3.27. The molecule has 1 aliphatic rings. The first-order chi connectivity index (χ1) is 9.85. The van der Waals surface area contributed by atoms with Gasteiger partial charge in [-0.15, -0.1) is 5.92 Å². The Morgan fingerprint density at radius 3 is 2.86 bits per heavy atom. The third-order valence-corrected chi connectivity index (χ3v) is 3.62. The van der Waals surface area contributed by atoms with Gasteiger partial charge in [0.1, 0.15) is 12.2 Å². The average molecular weight is 319 g/mol. The molecule has 7 nitrogen and oxygen atoms in total. The minimum atomic E-state index is -1.77. The largest absolute Gasteiger partial charge is 0.394 e. The second-order valence-electron chi connectivity index (χ2n) is 4.44. The van der Waals surface area contributed by atoms with Crippen molar-refractivity contribution in [1.82, 2.24) is 9.55 Å². The molecule has 0 bridgehead atoms. The zero-order valence-electron chi connectivity index (χ0n) is 10.8. The minimum absolute atomic E-state index is 0.571. The summed E-state index contributed by atoms with van der Waals surface area (Å²) < 4.78 is 19.4. The van der Waals surface area contributed by atoms with Gasteiger partial charge in [-0.25, -0.2) is 4.79 Å². The zero-order valence-corrected chi connectivity index (χ0v) is 11.6. The third-order valence-electron chi connectivity index (χ3n) is 3.12. The molecule has 3 N–H and O–H groups in total. The van der Waals surface area contributed by atoms with Gasteiger partial charge in [0.05, 0.1) is 12.8 Å². The fraction of sp³-hybridized carbons (Fsp3) is 0.500. The first-order valence-electron chi connectivity index (χ1n) is 5.93. The Kier molecular flexibility index (Phi) is 4.20. The molecule has 1 unspecified atom stereocenters. The summed E-state index contributed by atoms with van der Waals surface area (Å²) in [6, 6.07) is 0. The van der Waals surface area contributed by atoms with E-state index in [-0.39, 0.29) is 0 Å². The number of alkyl halides is 1. The highest BCUT2D eigenvalue weighted by molar-refractivity contribution is 6.27. The third kappa shape index (κ3) is 2.49. The van der Waals surface area contributed by atoms with Crippen molar-refractivity contribution in [3.8, 4) is 11.8 Å². The Morgan fingerprint density at radius 2 is 2.29 bits per heavy atom. The maximum atomic E-state index is 13.4. The van der Waals surface area contributed by atoms with Crippen LogP contribution in [0.4, 0.5) is 4.39 Å². The van der Waals surface area contributed by atoms with Crippen LogP contribution in [0.1, 0.15) is 13.2 Å². The number of aliphatic hydroxyl groups excluding tert-OH is 2. The van der Waals surface area contributed by atoms with E-state index in [1.165, 1.54) is 6.92 Å². The van der Waals surface area contributed by atoms with Crippen LogP contribution in [0.25, 0.3) is 0 Å². The van der Waals surface area contributed by atoms with Gasteiger partial charge in [0, 0.05) is 0 Å². The van der Waals surface area contributed by atoms with Gasteiger partial charge in [-0.1, -0.05) is 17.5 Å². The second kappa shape index (κ2) is 5.61. The number of hydrogen-bond donors (Lipinski definition) is 3. The van der Waals surface area contributed by atoms with E-state index in [4.69, 9.17) is 21.4 Å². The number of aliphatic hydroxyl groups is 2. The van der Waals surface area contributed by atoms with Crippen molar-refractivity contribution in [2.24, 2.45) is 0 Å². The van der Waals surface area contributed by atoms with Crippen LogP contribution in [0.2, 0.25) is 0 Å². The number of aromatic nitrogens is 2. The fourth-order valence-corrected chi connectivity index (χ4v) is 2.52. The number of ether oxygens (including phenoxy) is 1. The molecule has 1 aromatic heterocycles. The van der Waals surface area contributed by atoms with E-state index in [1.807, 2.05) is 0 Å². The Morgan fingerprint density at radius 1 is 1.62 bits per heavy atom. The van der Waals surface area contributed by atoms with E-state index in [1.54, 1.807) is 4.98 Å². The fourth-order valence-electron chi connectivity index (χ4n) is 2.13. The van der Waals surface area contributed by atoms with Crippen LogP contribution in [0, 0.1) is 17.7 Å². The molecule has 4 atom stereocenters. The molecule has 0 spiro atoms. The van der Waals surface area contributed by atoms with Crippen molar-refractivity contribution >= 4 is 11.6 Å². The molecular weight excluding hydrogens is 307 g/mol. The van der Waals surface area contributed by atoms with Crippen LogP contribution in [0.3, 0.4) is 0 Å². The molecule has 21 heavy (non-hydrogen) atoms. The Hall–Kier alpha value is -1.66. The van der Waals surface area contributed by atoms with Gasteiger partial charge in [0.2, 0.25) is 5.82 Å². The van der Waals surface area contributed by atoms with Crippen molar-refractivity contribution in [2.45, 2.75) is 30.2 Å². The Bertz CT molecular complexity index is 721. The highest BCUT2D eigenvalue weighted by Gasteiger charge is 2.55. The topological polar surface area (TPSA) is 105 Å². The SMILES string of the molecule is CC#CC1(Cl)[C@@H](O)[C@@H](CO)O[C@H]1n1cc(F)c(=O)[nH]c1=O. The molecule has 0 aromatic carbocycles. The number of aromatic amines is 1. The van der Waals surface area contributed by atoms with Crippen LogP contribution in [0.5, 0.6) is 0 Å². The molecule has 2 rings (SSSR count). The van der Waals surface area contributed by atoms with E-state index < -0.39 is 47.0 Å². The van der Waals surface area contributed by atoms with Crippen LogP contribution in [-0.2, 0) is 4.74 Å². The summed E-state index contributed by atoms with van der Waals surface area (Å²) in [7, 11) is 0. The van der Waals surface area contributed by atoms with E-state index in [0.29, 0.717) is 10.8 Å². The van der Waals surface area contributed by atoms with Crippen molar-refractivity contribution in [3.63, 3.8) is 0 Å². The smallest absolute Gasteiger partial charge is 0.330 e. The van der Waals surface area contributed by atoms with E-state index in [9.17, 15) is 19.1 Å². The summed E-state index contributed by atoms with van der Waals surface area (Å²) >= 11 is 6.23. The lowest BCUT2D eigenvalue weighted by molar-refractivity contribution is -0.0467. The van der Waals surface area contributed by atoms with Gasteiger partial charge in [-0.05, 0) is 6.92 Å². The summed E-state index contributed by atoms with van der Waals surface area (Å²) in [6.45, 7) is 0.883. The lowest BCUT2D eigenvalue weighted by atomic mass is 9.99. The number of nitrogens with zero attached hydrogens (tertiary/aromatic N) is 1. The maximum absolute atomic E-state index is 13.4. The van der Waals surface area contributed by atoms with Crippen molar-refractivity contribution in [1.29, 1.82) is 0 Å². The summed E-state index contributed by atoms with van der Waals surface area (Å²) in [5.41, 5.74) is -2.16. The number of hydrogen-bond acceptors (Lipinski definition) is 5. The highest BCUT2D eigenvalue weighted by Crippen LogP contribution is 2.42. The normalized spacial score (nSPS) is 31.8. The predicted octanol–water partition coefficient (Wildman–Crippen LogP) is -1.07. The molecule has 0 radical (unpaired) electrons. The zero-order chi connectivity index (χ0) is 15.8. The quantitative estimate of drug-likeness (QED) is 0.476. The number of rotatable bonds is 2. The molecule has 1 saturated heterocycles. The maximum Gasteiger partial charge on any atom is 0.330 e. The summed E-state index contributed by atoms with van der Waals surface area (Å²) in [4.78, 5) is 22.8. The van der Waals surface area contributed by atoms with Gasteiger partial charge in [-0.3, -0.25) is 14.3 Å². The van der Waals surface area contributed by atoms with E-state index in [0.717, 1.165) is 0 Å².